The molecule has 0 saturated heterocycles. The number of hydrogen-bond acceptors (Lipinski definition) is 3. The van der Waals surface area contributed by atoms with E-state index in [9.17, 15) is 0 Å². The maximum absolute atomic E-state index is 5.02. The summed E-state index contributed by atoms with van der Waals surface area (Å²) in [5.41, 5.74) is 7.98. The Kier molecular flexibility index (Phi) is 5.54. The van der Waals surface area contributed by atoms with Gasteiger partial charge in [0.25, 0.3) is 0 Å². The Hall–Kier alpha value is -5.67. The van der Waals surface area contributed by atoms with Crippen LogP contribution in [0.3, 0.4) is 0 Å². The summed E-state index contributed by atoms with van der Waals surface area (Å²) in [6, 6.07) is 49.4. The van der Waals surface area contributed by atoms with Gasteiger partial charge in [-0.2, -0.15) is 0 Å². The molecule has 0 amide bonds. The largest absolute Gasteiger partial charge is 0.208 e. The van der Waals surface area contributed by atoms with Crippen molar-refractivity contribution in [1.29, 1.82) is 0 Å². The van der Waals surface area contributed by atoms with Crippen LogP contribution in [0.15, 0.2) is 140 Å². The van der Waals surface area contributed by atoms with Crippen molar-refractivity contribution in [2.45, 2.75) is 19.3 Å². The first-order valence-corrected chi connectivity index (χ1v) is 15.5. The molecule has 1 aliphatic rings. The summed E-state index contributed by atoms with van der Waals surface area (Å²) >= 11 is 0. The van der Waals surface area contributed by atoms with Gasteiger partial charge in [0.2, 0.25) is 0 Å². The van der Waals surface area contributed by atoms with Gasteiger partial charge in [-0.05, 0) is 60.6 Å². The summed E-state index contributed by atoms with van der Waals surface area (Å²) in [7, 11) is 0. The molecule has 1 aromatic heterocycles. The minimum absolute atomic E-state index is 0.183. The van der Waals surface area contributed by atoms with E-state index in [4.69, 9.17) is 15.0 Å². The van der Waals surface area contributed by atoms with Gasteiger partial charge in [0, 0.05) is 22.1 Å². The van der Waals surface area contributed by atoms with E-state index < -0.39 is 0 Å². The summed E-state index contributed by atoms with van der Waals surface area (Å²) in [6.45, 7) is 4.73. The third kappa shape index (κ3) is 3.87. The Morgan fingerprint density at radius 3 is 1.44 bits per heavy atom. The fourth-order valence-electron chi connectivity index (χ4n) is 7.39. The standard InChI is InChI=1S/C42H29N3/c1-42(2)36-24-21-28(41-44-39(26-13-5-3-6-14-26)43-40(45-41)27-15-7-4-8-16-27)25-35(36)34-23-22-33-31-19-10-9-17-29(31)30-18-11-12-20-32(30)37(33)38(34)42/h3-25H,1-2H3. The Balaban J connectivity index is 1.29. The molecule has 0 saturated carbocycles. The number of aromatic nitrogens is 3. The zero-order valence-corrected chi connectivity index (χ0v) is 25.1. The highest BCUT2D eigenvalue weighted by Crippen LogP contribution is 2.54. The van der Waals surface area contributed by atoms with Gasteiger partial charge in [-0.3, -0.25) is 0 Å². The predicted molar refractivity (Wildman–Crippen MR) is 186 cm³/mol. The Bertz CT molecular complexity index is 2350. The first-order chi connectivity index (χ1) is 22.1. The van der Waals surface area contributed by atoms with Gasteiger partial charge in [0.15, 0.2) is 17.5 Å². The van der Waals surface area contributed by atoms with Gasteiger partial charge in [-0.25, -0.2) is 15.0 Å². The smallest absolute Gasteiger partial charge is 0.164 e. The summed E-state index contributed by atoms with van der Waals surface area (Å²) < 4.78 is 0. The van der Waals surface area contributed by atoms with Crippen molar-refractivity contribution in [3.8, 4) is 45.3 Å². The molecule has 0 unspecified atom stereocenters. The van der Waals surface area contributed by atoms with Crippen LogP contribution in [0.25, 0.3) is 77.6 Å². The lowest BCUT2D eigenvalue weighted by Crippen LogP contribution is -2.15. The zero-order chi connectivity index (χ0) is 30.1. The van der Waals surface area contributed by atoms with E-state index in [1.54, 1.807) is 0 Å². The highest BCUT2D eigenvalue weighted by Gasteiger charge is 2.38. The van der Waals surface area contributed by atoms with Crippen molar-refractivity contribution in [2.75, 3.05) is 0 Å². The quantitative estimate of drug-likeness (QED) is 0.197. The first kappa shape index (κ1) is 25.8. The summed E-state index contributed by atoms with van der Waals surface area (Å²) in [4.78, 5) is 14.9. The summed E-state index contributed by atoms with van der Waals surface area (Å²) in [5.74, 6) is 2.02. The van der Waals surface area contributed by atoms with E-state index in [1.165, 1.54) is 54.6 Å². The van der Waals surface area contributed by atoms with Crippen molar-refractivity contribution in [3.63, 3.8) is 0 Å². The minimum atomic E-state index is -0.183. The molecule has 0 radical (unpaired) electrons. The van der Waals surface area contributed by atoms with Crippen LogP contribution in [0.2, 0.25) is 0 Å². The maximum atomic E-state index is 5.02. The highest BCUT2D eigenvalue weighted by atomic mass is 15.0. The molecule has 0 atom stereocenters. The molecule has 212 valence electrons. The van der Waals surface area contributed by atoms with Crippen LogP contribution in [0, 0.1) is 0 Å². The minimum Gasteiger partial charge on any atom is -0.208 e. The summed E-state index contributed by atoms with van der Waals surface area (Å²) in [5, 5.41) is 7.86. The van der Waals surface area contributed by atoms with E-state index >= 15 is 0 Å². The van der Waals surface area contributed by atoms with Crippen LogP contribution < -0.4 is 0 Å². The van der Waals surface area contributed by atoms with Crippen LogP contribution in [0.4, 0.5) is 0 Å². The molecule has 7 aromatic carbocycles. The second-order valence-electron chi connectivity index (χ2n) is 12.4. The SMILES string of the molecule is CC1(C)c2ccc(-c3nc(-c4ccccc4)nc(-c4ccccc4)n3)cc2-c2ccc3c4ccccc4c4ccccc4c3c21. The summed E-state index contributed by atoms with van der Waals surface area (Å²) in [6.07, 6.45) is 0. The van der Waals surface area contributed by atoms with Gasteiger partial charge in [-0.1, -0.05) is 147 Å². The van der Waals surface area contributed by atoms with Crippen LogP contribution in [0.1, 0.15) is 25.0 Å². The average Bonchev–Trinajstić information content (AvgIpc) is 3.34. The van der Waals surface area contributed by atoms with Crippen LogP contribution in [-0.2, 0) is 5.41 Å². The molecular weight excluding hydrogens is 546 g/mol. The lowest BCUT2D eigenvalue weighted by atomic mass is 9.78. The molecule has 1 aliphatic carbocycles. The van der Waals surface area contributed by atoms with E-state index in [0.29, 0.717) is 17.5 Å². The normalized spacial score (nSPS) is 13.3. The van der Waals surface area contributed by atoms with E-state index in [0.717, 1.165) is 16.7 Å². The molecule has 8 aromatic rings. The highest BCUT2D eigenvalue weighted by molar-refractivity contribution is 6.27. The molecule has 1 heterocycles. The van der Waals surface area contributed by atoms with Gasteiger partial charge < -0.3 is 0 Å². The number of hydrogen-bond donors (Lipinski definition) is 0. The molecule has 0 fully saturated rings. The lowest BCUT2D eigenvalue weighted by molar-refractivity contribution is 0.666. The Morgan fingerprint density at radius 2 is 0.867 bits per heavy atom. The Morgan fingerprint density at radius 1 is 0.400 bits per heavy atom. The molecule has 45 heavy (non-hydrogen) atoms. The molecule has 3 nitrogen and oxygen atoms in total. The predicted octanol–water partition coefficient (Wildman–Crippen LogP) is 10.6. The number of fused-ring (bicyclic) bond motifs is 10. The van der Waals surface area contributed by atoms with Gasteiger partial charge in [0.1, 0.15) is 0 Å². The van der Waals surface area contributed by atoms with Crippen molar-refractivity contribution in [2.24, 2.45) is 0 Å². The van der Waals surface area contributed by atoms with Crippen LogP contribution >= 0.6 is 0 Å². The fraction of sp³-hybridized carbons (Fsp3) is 0.0714. The van der Waals surface area contributed by atoms with Gasteiger partial charge in [-0.15, -0.1) is 0 Å². The third-order valence-electron chi connectivity index (χ3n) is 9.47. The number of rotatable bonds is 3. The molecule has 0 bridgehead atoms. The molecular formula is C42H29N3. The molecule has 0 aliphatic heterocycles. The monoisotopic (exact) mass is 575 g/mol. The average molecular weight is 576 g/mol. The molecule has 0 spiro atoms. The molecule has 0 N–H and O–H groups in total. The van der Waals surface area contributed by atoms with E-state index in [1.807, 2.05) is 36.4 Å². The molecule has 9 rings (SSSR count). The number of benzene rings is 7. The van der Waals surface area contributed by atoms with Crippen LogP contribution in [0.5, 0.6) is 0 Å². The second kappa shape index (κ2) is 9.67. The zero-order valence-electron chi connectivity index (χ0n) is 25.1. The van der Waals surface area contributed by atoms with E-state index in [-0.39, 0.29) is 5.41 Å². The van der Waals surface area contributed by atoms with Gasteiger partial charge in [0.05, 0.1) is 0 Å². The lowest BCUT2D eigenvalue weighted by Gasteiger charge is -2.24. The maximum Gasteiger partial charge on any atom is 0.164 e. The fourth-order valence-corrected chi connectivity index (χ4v) is 7.39. The first-order valence-electron chi connectivity index (χ1n) is 15.5. The van der Waals surface area contributed by atoms with Crippen molar-refractivity contribution < 1.29 is 0 Å². The Labute approximate surface area is 261 Å². The van der Waals surface area contributed by atoms with Crippen molar-refractivity contribution in [1.82, 2.24) is 15.0 Å². The second-order valence-corrected chi connectivity index (χ2v) is 12.4. The van der Waals surface area contributed by atoms with E-state index in [2.05, 4.69) is 117 Å². The molecule has 3 heteroatoms. The van der Waals surface area contributed by atoms with Crippen molar-refractivity contribution in [3.05, 3.63) is 151 Å². The topological polar surface area (TPSA) is 38.7 Å². The third-order valence-corrected chi connectivity index (χ3v) is 9.47. The van der Waals surface area contributed by atoms with Crippen molar-refractivity contribution >= 4 is 32.3 Å². The van der Waals surface area contributed by atoms with Gasteiger partial charge >= 0.3 is 0 Å². The van der Waals surface area contributed by atoms with Crippen LogP contribution in [-0.4, -0.2) is 15.0 Å². The number of nitrogens with zero attached hydrogens (tertiary/aromatic N) is 3.